The highest BCUT2D eigenvalue weighted by molar-refractivity contribution is 8.03. The molecule has 4 aromatic rings. The molecule has 0 amide bonds. The summed E-state index contributed by atoms with van der Waals surface area (Å²) >= 11 is 16.1. The number of anilines is 1. The third kappa shape index (κ3) is 11.1. The van der Waals surface area contributed by atoms with Gasteiger partial charge in [-0.25, -0.2) is 0 Å². The first-order chi connectivity index (χ1) is 24.8. The number of aryl methyl sites for hydroxylation is 1. The van der Waals surface area contributed by atoms with Gasteiger partial charge in [-0.15, -0.1) is 0 Å². The first kappa shape index (κ1) is 41.2. The monoisotopic (exact) mass is 834 g/mol. The molecular formula is C38H40Cl2N2O7S4. The Balaban J connectivity index is 0.00000541. The third-order valence-electron chi connectivity index (χ3n) is 8.90. The molecule has 9 nitrogen and oxygen atoms in total. The van der Waals surface area contributed by atoms with Gasteiger partial charge >= 0.3 is 0 Å². The fraction of sp³-hybridized carbons (Fsp3) is 0.289. The normalized spacial score (nSPS) is 16.6. The van der Waals surface area contributed by atoms with Crippen molar-refractivity contribution < 1.29 is 36.0 Å². The van der Waals surface area contributed by atoms with Gasteiger partial charge in [0, 0.05) is 40.0 Å². The smallest absolute Gasteiger partial charge is 0.264 e. The SMILES string of the molecule is O=S(=O)(O)CCCCN1C(=CC=C2CCCC(C=Cc3sc4ccc(Cl)cc4[n+]3CCCCS(=O)(=O)O)=C2c2ccccc2)Sc2ccc(Cl)cc21.[OH-]. The summed E-state index contributed by atoms with van der Waals surface area (Å²) in [4.78, 5) is 3.25. The van der Waals surface area contributed by atoms with Gasteiger partial charge in [0.15, 0.2) is 6.54 Å². The van der Waals surface area contributed by atoms with Crippen LogP contribution in [0.3, 0.4) is 0 Å². The predicted octanol–water partition coefficient (Wildman–Crippen LogP) is 9.69. The molecule has 3 N–H and O–H groups in total. The molecule has 1 aromatic heterocycles. The van der Waals surface area contributed by atoms with E-state index in [-0.39, 0.29) is 17.0 Å². The molecule has 0 saturated heterocycles. The molecule has 282 valence electrons. The van der Waals surface area contributed by atoms with E-state index < -0.39 is 20.2 Å². The summed E-state index contributed by atoms with van der Waals surface area (Å²) in [5, 5.41) is 3.29. The fourth-order valence-electron chi connectivity index (χ4n) is 6.54. The van der Waals surface area contributed by atoms with E-state index in [4.69, 9.17) is 23.2 Å². The summed E-state index contributed by atoms with van der Waals surface area (Å²) < 4.78 is 67.0. The van der Waals surface area contributed by atoms with E-state index in [1.807, 2.05) is 54.6 Å². The van der Waals surface area contributed by atoms with Crippen molar-refractivity contribution in [3.8, 4) is 0 Å². The minimum absolute atomic E-state index is 0. The van der Waals surface area contributed by atoms with Gasteiger partial charge in [0.05, 0.1) is 22.2 Å². The molecule has 0 fully saturated rings. The minimum atomic E-state index is -4.02. The second kappa shape index (κ2) is 18.1. The molecule has 0 saturated carbocycles. The number of halogens is 2. The molecule has 6 rings (SSSR count). The Labute approximate surface area is 329 Å². The zero-order valence-electron chi connectivity index (χ0n) is 28.7. The molecular weight excluding hydrogens is 796 g/mol. The Morgan fingerprint density at radius 2 is 1.51 bits per heavy atom. The number of fused-ring (bicyclic) bond motifs is 2. The van der Waals surface area contributed by atoms with Crippen molar-refractivity contribution >= 4 is 94.1 Å². The summed E-state index contributed by atoms with van der Waals surface area (Å²) in [6.07, 6.45) is 13.3. The van der Waals surface area contributed by atoms with Crippen LogP contribution < -0.4 is 9.47 Å². The van der Waals surface area contributed by atoms with Crippen LogP contribution in [-0.2, 0) is 26.8 Å². The molecule has 53 heavy (non-hydrogen) atoms. The zero-order chi connectivity index (χ0) is 36.9. The van der Waals surface area contributed by atoms with Crippen LogP contribution in [-0.4, -0.2) is 49.5 Å². The lowest BCUT2D eigenvalue weighted by atomic mass is 9.83. The molecule has 1 aliphatic heterocycles. The molecule has 2 heterocycles. The predicted molar refractivity (Wildman–Crippen MR) is 217 cm³/mol. The van der Waals surface area contributed by atoms with E-state index in [1.54, 1.807) is 23.1 Å². The number of thiazole rings is 1. The number of thioether (sulfide) groups is 1. The Hall–Kier alpha value is -2.98. The van der Waals surface area contributed by atoms with Crippen molar-refractivity contribution in [3.63, 3.8) is 0 Å². The van der Waals surface area contributed by atoms with Crippen molar-refractivity contribution in [2.24, 2.45) is 0 Å². The number of rotatable bonds is 14. The van der Waals surface area contributed by atoms with E-state index in [2.05, 4.69) is 45.9 Å². The number of allylic oxidation sites excluding steroid dienone is 6. The fourth-order valence-corrected chi connectivity index (χ4v) is 10.2. The molecule has 0 unspecified atom stereocenters. The van der Waals surface area contributed by atoms with Gasteiger partial charge in [-0.1, -0.05) is 88.8 Å². The van der Waals surface area contributed by atoms with Crippen LogP contribution >= 0.6 is 46.3 Å². The lowest BCUT2D eigenvalue weighted by molar-refractivity contribution is -0.669. The van der Waals surface area contributed by atoms with Crippen molar-refractivity contribution in [1.29, 1.82) is 0 Å². The maximum absolute atomic E-state index is 11.3. The van der Waals surface area contributed by atoms with Crippen molar-refractivity contribution in [3.05, 3.63) is 122 Å². The highest BCUT2D eigenvalue weighted by Gasteiger charge is 2.26. The number of hydrogen-bond acceptors (Lipinski definition) is 8. The Morgan fingerprint density at radius 1 is 0.811 bits per heavy atom. The molecule has 0 radical (unpaired) electrons. The van der Waals surface area contributed by atoms with Crippen LogP contribution in [0.1, 0.15) is 55.5 Å². The average molecular weight is 836 g/mol. The van der Waals surface area contributed by atoms with Crippen LogP contribution in [0.4, 0.5) is 5.69 Å². The third-order valence-corrected chi connectivity index (χ3v) is 13.2. The van der Waals surface area contributed by atoms with Crippen LogP contribution in [0, 0.1) is 0 Å². The summed E-state index contributed by atoms with van der Waals surface area (Å²) in [5.74, 6) is -0.547. The standard InChI is InChI=1S/C38H38Cl2N2O6S4.H2O/c39-30-15-17-34-32(25-30)41(21-4-6-23-51(43,44)45)36(49-34)19-13-28-11-8-12-29(38(28)27-9-2-1-3-10-27)14-20-37-42(22-5-7-24-52(46,47)48)33-26-31(40)16-18-35(33)50-37;/h1-3,9-10,13-20,25-26H,4-8,11-12,21-24H2,(H-,43,44,45,46,47,48);1H2. The maximum atomic E-state index is 11.3. The number of aromatic nitrogens is 1. The van der Waals surface area contributed by atoms with Gasteiger partial charge in [-0.05, 0) is 97.2 Å². The Bertz CT molecular complexity index is 2300. The van der Waals surface area contributed by atoms with Crippen LogP contribution in [0.25, 0.3) is 21.9 Å². The Kier molecular flexibility index (Phi) is 14.1. The number of unbranched alkanes of at least 4 members (excludes halogenated alkanes) is 2. The average Bonchev–Trinajstić information content (AvgIpc) is 3.62. The topological polar surface area (TPSA) is 146 Å². The number of hydrogen-bond donors (Lipinski definition) is 2. The second-order valence-electron chi connectivity index (χ2n) is 12.7. The molecule has 2 aliphatic rings. The summed E-state index contributed by atoms with van der Waals surface area (Å²) in [6, 6.07) is 22.0. The molecule has 0 atom stereocenters. The quantitative estimate of drug-likeness (QED) is 0.0720. The highest BCUT2D eigenvalue weighted by Crippen LogP contribution is 2.47. The minimum Gasteiger partial charge on any atom is -0.870 e. The Morgan fingerprint density at radius 3 is 2.25 bits per heavy atom. The molecule has 1 aliphatic carbocycles. The van der Waals surface area contributed by atoms with Gasteiger partial charge in [0.2, 0.25) is 5.52 Å². The molecule has 0 spiro atoms. The van der Waals surface area contributed by atoms with Gasteiger partial charge in [0.1, 0.15) is 4.70 Å². The summed E-state index contributed by atoms with van der Waals surface area (Å²) in [7, 11) is -8.04. The summed E-state index contributed by atoms with van der Waals surface area (Å²) in [5.41, 5.74) is 6.71. The summed E-state index contributed by atoms with van der Waals surface area (Å²) in [6.45, 7) is 1.16. The van der Waals surface area contributed by atoms with Gasteiger partial charge in [0.25, 0.3) is 25.2 Å². The first-order valence-corrected chi connectivity index (χ1v) is 22.6. The highest BCUT2D eigenvalue weighted by atomic mass is 35.5. The molecule has 0 bridgehead atoms. The van der Waals surface area contributed by atoms with E-state index in [1.165, 1.54) is 16.7 Å². The van der Waals surface area contributed by atoms with E-state index >= 15 is 0 Å². The van der Waals surface area contributed by atoms with E-state index in [9.17, 15) is 25.9 Å². The first-order valence-electron chi connectivity index (χ1n) is 17.0. The van der Waals surface area contributed by atoms with Crippen molar-refractivity contribution in [2.75, 3.05) is 23.0 Å². The lowest BCUT2D eigenvalue weighted by Crippen LogP contribution is -2.35. The van der Waals surface area contributed by atoms with E-state index in [0.717, 1.165) is 55.7 Å². The van der Waals surface area contributed by atoms with Crippen molar-refractivity contribution in [1.82, 2.24) is 0 Å². The molecule has 15 heteroatoms. The van der Waals surface area contributed by atoms with Crippen molar-refractivity contribution in [2.45, 2.75) is 56.4 Å². The van der Waals surface area contributed by atoms with Gasteiger partial charge < -0.3 is 10.4 Å². The van der Waals surface area contributed by atoms with Gasteiger partial charge in [-0.2, -0.15) is 21.4 Å². The van der Waals surface area contributed by atoms with Crippen LogP contribution in [0.2, 0.25) is 10.0 Å². The van der Waals surface area contributed by atoms with Crippen LogP contribution in [0.5, 0.6) is 0 Å². The second-order valence-corrected chi connectivity index (χ2v) is 18.8. The van der Waals surface area contributed by atoms with E-state index in [0.29, 0.717) is 48.8 Å². The largest absolute Gasteiger partial charge is 0.870 e. The lowest BCUT2D eigenvalue weighted by Gasteiger charge is -2.23. The van der Waals surface area contributed by atoms with Crippen LogP contribution in [0.15, 0.2) is 106 Å². The number of benzene rings is 3. The number of nitrogens with zero attached hydrogens (tertiary/aromatic N) is 2. The molecule has 3 aromatic carbocycles. The van der Waals surface area contributed by atoms with Gasteiger partial charge in [-0.3, -0.25) is 9.11 Å². The zero-order valence-corrected chi connectivity index (χ0v) is 33.5. The maximum Gasteiger partial charge on any atom is 0.264 e.